The number of aromatic nitrogens is 3. The summed E-state index contributed by atoms with van der Waals surface area (Å²) in [5.41, 5.74) is -1.31. The van der Waals surface area contributed by atoms with E-state index >= 15 is 0 Å². The highest BCUT2D eigenvalue weighted by atomic mass is 32.2. The van der Waals surface area contributed by atoms with E-state index in [1.54, 1.807) is 37.3 Å². The number of para-hydroxylation sites is 1. The molecule has 1 unspecified atom stereocenters. The number of hydrogen-bond donors (Lipinski definition) is 0. The van der Waals surface area contributed by atoms with Gasteiger partial charge >= 0.3 is 11.4 Å². The van der Waals surface area contributed by atoms with E-state index in [0.29, 0.717) is 5.69 Å². The van der Waals surface area contributed by atoms with Crippen LogP contribution >= 0.6 is 0 Å². The minimum absolute atomic E-state index is 0.0174. The lowest BCUT2D eigenvalue weighted by Crippen LogP contribution is -2.27. The van der Waals surface area contributed by atoms with Crippen LogP contribution in [-0.4, -0.2) is 30.3 Å². The Hall–Kier alpha value is -2.88. The van der Waals surface area contributed by atoms with Crippen LogP contribution in [0.5, 0.6) is 0 Å². The Morgan fingerprint density at radius 1 is 1.07 bits per heavy atom. The second-order valence-corrected chi connectivity index (χ2v) is 7.70. The third-order valence-electron chi connectivity index (χ3n) is 4.34. The van der Waals surface area contributed by atoms with Crippen molar-refractivity contribution in [1.29, 1.82) is 0 Å². The van der Waals surface area contributed by atoms with Crippen LogP contribution in [0.4, 0.5) is 13.2 Å². The number of aryl methyl sites for hydroxylation is 1. The molecule has 1 aromatic heterocycles. The molecule has 29 heavy (non-hydrogen) atoms. The van der Waals surface area contributed by atoms with Crippen molar-refractivity contribution in [2.45, 2.75) is 31.7 Å². The van der Waals surface area contributed by atoms with Crippen LogP contribution in [0.15, 0.2) is 56.9 Å². The molecular formula is C19H18F3N3O3S. The molecule has 0 aliphatic carbocycles. The van der Waals surface area contributed by atoms with Gasteiger partial charge in [0.2, 0.25) is 6.43 Å². The maximum absolute atomic E-state index is 14.8. The van der Waals surface area contributed by atoms with Crippen molar-refractivity contribution in [2.24, 2.45) is 0 Å². The summed E-state index contributed by atoms with van der Waals surface area (Å²) < 4.78 is 55.1. The van der Waals surface area contributed by atoms with Gasteiger partial charge in [0, 0.05) is 11.4 Å². The highest BCUT2D eigenvalue weighted by Crippen LogP contribution is 2.22. The van der Waals surface area contributed by atoms with Crippen molar-refractivity contribution in [1.82, 2.24) is 13.9 Å². The van der Waals surface area contributed by atoms with Crippen molar-refractivity contribution in [3.8, 4) is 11.4 Å². The van der Waals surface area contributed by atoms with Crippen LogP contribution < -0.4 is 11.4 Å². The summed E-state index contributed by atoms with van der Waals surface area (Å²) in [6, 6.07) is 10.2. The quantitative estimate of drug-likeness (QED) is 0.610. The average molecular weight is 425 g/mol. The molecule has 0 N–H and O–H groups in total. The summed E-state index contributed by atoms with van der Waals surface area (Å²) in [7, 11) is -2.09. The van der Waals surface area contributed by atoms with Crippen LogP contribution in [0.25, 0.3) is 11.4 Å². The minimum atomic E-state index is -2.81. The first kappa shape index (κ1) is 20.8. The van der Waals surface area contributed by atoms with E-state index in [1.807, 2.05) is 0 Å². The van der Waals surface area contributed by atoms with E-state index in [-0.39, 0.29) is 22.7 Å². The summed E-state index contributed by atoms with van der Waals surface area (Å²) >= 11 is 0. The van der Waals surface area contributed by atoms with Crippen LogP contribution in [-0.2, 0) is 17.3 Å². The van der Waals surface area contributed by atoms with Gasteiger partial charge < -0.3 is 0 Å². The van der Waals surface area contributed by atoms with Crippen LogP contribution in [0.2, 0.25) is 0 Å². The first-order valence-electron chi connectivity index (χ1n) is 8.73. The molecule has 2 aromatic carbocycles. The van der Waals surface area contributed by atoms with Gasteiger partial charge in [0.1, 0.15) is 11.5 Å². The van der Waals surface area contributed by atoms with Gasteiger partial charge in [-0.1, -0.05) is 18.2 Å². The number of alkyl halides is 2. The van der Waals surface area contributed by atoms with Gasteiger partial charge in [0.15, 0.2) is 0 Å². The first-order chi connectivity index (χ1) is 13.8. The van der Waals surface area contributed by atoms with E-state index < -0.39 is 40.2 Å². The zero-order valence-corrected chi connectivity index (χ0v) is 16.5. The molecule has 6 nitrogen and oxygen atoms in total. The van der Waals surface area contributed by atoms with E-state index in [4.69, 9.17) is 0 Å². The van der Waals surface area contributed by atoms with Gasteiger partial charge in [-0.25, -0.2) is 32.0 Å². The predicted octanol–water partition coefficient (Wildman–Crippen LogP) is 2.63. The molecule has 0 aliphatic rings. The van der Waals surface area contributed by atoms with Crippen molar-refractivity contribution in [3.05, 3.63) is 74.8 Å². The van der Waals surface area contributed by atoms with E-state index in [0.717, 1.165) is 26.1 Å². The standard InChI is InChI=1S/C19H18F3N3O3S/c1-3-23-18(26)24(13-7-5-4-6-8-13)19(27)25(23)15-10-16(12(2)9-14(15)20)29(28)11-17(21)22/h4-10,17H,3,11H2,1-2H3. The lowest BCUT2D eigenvalue weighted by atomic mass is 10.2. The van der Waals surface area contributed by atoms with Crippen LogP contribution in [0.1, 0.15) is 12.5 Å². The molecule has 3 aromatic rings. The summed E-state index contributed by atoms with van der Waals surface area (Å²) in [5, 5.41) is 0. The summed E-state index contributed by atoms with van der Waals surface area (Å²) in [6.07, 6.45) is -2.81. The van der Waals surface area contributed by atoms with Crippen molar-refractivity contribution in [2.75, 3.05) is 5.75 Å². The zero-order chi connectivity index (χ0) is 21.3. The maximum Gasteiger partial charge on any atom is 0.356 e. The zero-order valence-electron chi connectivity index (χ0n) is 15.6. The summed E-state index contributed by atoms with van der Waals surface area (Å²) in [5.74, 6) is -1.75. The van der Waals surface area contributed by atoms with Gasteiger partial charge in [-0.15, -0.1) is 0 Å². The molecule has 1 atom stereocenters. The molecule has 0 saturated carbocycles. The van der Waals surface area contributed by atoms with Gasteiger partial charge in [0.25, 0.3) is 0 Å². The van der Waals surface area contributed by atoms with Gasteiger partial charge in [-0.2, -0.15) is 4.68 Å². The number of rotatable bonds is 6. The SMILES string of the molecule is CCn1c(=O)n(-c2ccccc2)c(=O)n1-c1cc(S(=O)CC(F)F)c(C)cc1F. The van der Waals surface area contributed by atoms with E-state index in [1.165, 1.54) is 6.92 Å². The topological polar surface area (TPSA) is 66.0 Å². The Labute approximate surface area is 166 Å². The number of benzene rings is 2. The fourth-order valence-electron chi connectivity index (χ4n) is 3.04. The molecule has 0 bridgehead atoms. The summed E-state index contributed by atoms with van der Waals surface area (Å²) in [6.45, 7) is 3.10. The number of hydrogen-bond acceptors (Lipinski definition) is 3. The number of nitrogens with zero attached hydrogens (tertiary/aromatic N) is 3. The molecule has 0 spiro atoms. The molecule has 0 saturated heterocycles. The second-order valence-electron chi connectivity index (χ2n) is 6.24. The Morgan fingerprint density at radius 3 is 2.31 bits per heavy atom. The first-order valence-corrected chi connectivity index (χ1v) is 10.1. The molecule has 0 radical (unpaired) electrons. The molecule has 0 aliphatic heterocycles. The van der Waals surface area contributed by atoms with E-state index in [2.05, 4.69) is 0 Å². The summed E-state index contributed by atoms with van der Waals surface area (Å²) in [4.78, 5) is 25.8. The molecular weight excluding hydrogens is 407 g/mol. The van der Waals surface area contributed by atoms with Crippen molar-refractivity contribution in [3.63, 3.8) is 0 Å². The fourth-order valence-corrected chi connectivity index (χ4v) is 4.11. The predicted molar refractivity (Wildman–Crippen MR) is 103 cm³/mol. The van der Waals surface area contributed by atoms with Crippen molar-refractivity contribution >= 4 is 10.8 Å². The smallest absolute Gasteiger partial charge is 0.254 e. The lowest BCUT2D eigenvalue weighted by Gasteiger charge is -2.12. The van der Waals surface area contributed by atoms with Crippen LogP contribution in [0.3, 0.4) is 0 Å². The molecule has 1 heterocycles. The van der Waals surface area contributed by atoms with Gasteiger partial charge in [-0.3, -0.25) is 4.21 Å². The molecule has 10 heteroatoms. The van der Waals surface area contributed by atoms with Gasteiger partial charge in [-0.05, 0) is 43.7 Å². The maximum atomic E-state index is 14.8. The molecule has 3 rings (SSSR count). The Balaban J connectivity index is 2.28. The second kappa shape index (κ2) is 8.24. The Kier molecular flexibility index (Phi) is 5.92. The monoisotopic (exact) mass is 425 g/mol. The normalized spacial score (nSPS) is 12.5. The van der Waals surface area contributed by atoms with Crippen LogP contribution in [0, 0.1) is 12.7 Å². The van der Waals surface area contributed by atoms with Crippen molar-refractivity contribution < 1.29 is 17.4 Å². The third-order valence-corrected chi connectivity index (χ3v) is 5.82. The Morgan fingerprint density at radius 2 is 1.72 bits per heavy atom. The van der Waals surface area contributed by atoms with E-state index in [9.17, 15) is 27.0 Å². The third kappa shape index (κ3) is 3.84. The highest BCUT2D eigenvalue weighted by molar-refractivity contribution is 7.85. The number of halogens is 3. The fraction of sp³-hybridized carbons (Fsp3) is 0.263. The minimum Gasteiger partial charge on any atom is -0.254 e. The largest absolute Gasteiger partial charge is 0.356 e. The highest BCUT2D eigenvalue weighted by Gasteiger charge is 2.23. The molecule has 154 valence electrons. The molecule has 0 fully saturated rings. The average Bonchev–Trinajstić information content (AvgIpc) is 2.91. The molecule has 0 amide bonds. The Bertz CT molecular complexity index is 1180. The van der Waals surface area contributed by atoms with Gasteiger partial charge in [0.05, 0.1) is 22.2 Å². The lowest BCUT2D eigenvalue weighted by molar-refractivity contribution is 0.175.